The van der Waals surface area contributed by atoms with Gasteiger partial charge in [-0.2, -0.15) is 0 Å². The second-order valence-electron chi connectivity index (χ2n) is 7.61. The molecule has 26 heavy (non-hydrogen) atoms. The quantitative estimate of drug-likeness (QED) is 0.754. The van der Waals surface area contributed by atoms with E-state index in [-0.39, 0.29) is 36.4 Å². The average Bonchev–Trinajstić information content (AvgIpc) is 3.02. The number of anilines is 1. The van der Waals surface area contributed by atoms with Crippen molar-refractivity contribution < 1.29 is 9.59 Å². The summed E-state index contributed by atoms with van der Waals surface area (Å²) in [6, 6.07) is 7.76. The second-order valence-corrected chi connectivity index (χ2v) is 7.61. The molecule has 6 nitrogen and oxygen atoms in total. The molecule has 0 aromatic heterocycles. The smallest absolute Gasteiger partial charge is 0.321 e. The summed E-state index contributed by atoms with van der Waals surface area (Å²) in [5, 5.41) is 6.05. The third-order valence-corrected chi connectivity index (χ3v) is 5.97. The van der Waals surface area contributed by atoms with Crippen molar-refractivity contribution in [1.29, 1.82) is 0 Å². The maximum atomic E-state index is 12.7. The molecule has 142 valence electrons. The molecule has 3 amide bonds. The molecule has 0 radical (unpaired) electrons. The molecule has 2 bridgehead atoms. The molecule has 2 unspecified atom stereocenters. The van der Waals surface area contributed by atoms with Crippen LogP contribution in [0.4, 0.5) is 10.5 Å². The summed E-state index contributed by atoms with van der Waals surface area (Å²) in [5.74, 6) is 1.01. The predicted octanol–water partition coefficient (Wildman–Crippen LogP) is 2.27. The number of nitrogens with two attached hydrogens (primary N) is 1. The van der Waals surface area contributed by atoms with Crippen LogP contribution < -0.4 is 21.3 Å². The maximum absolute atomic E-state index is 12.7. The van der Waals surface area contributed by atoms with Gasteiger partial charge in [-0.15, -0.1) is 12.4 Å². The normalized spacial score (nSPS) is 30.3. The Kier molecular flexibility index (Phi) is 5.73. The van der Waals surface area contributed by atoms with Crippen molar-refractivity contribution in [3.8, 4) is 0 Å². The minimum absolute atomic E-state index is 0. The van der Waals surface area contributed by atoms with Crippen LogP contribution in [0.2, 0.25) is 0 Å². The van der Waals surface area contributed by atoms with Gasteiger partial charge in [-0.3, -0.25) is 9.69 Å². The Morgan fingerprint density at radius 1 is 1.15 bits per heavy atom. The van der Waals surface area contributed by atoms with Crippen molar-refractivity contribution in [3.63, 3.8) is 0 Å². The van der Waals surface area contributed by atoms with Crippen molar-refractivity contribution >= 4 is 30.0 Å². The van der Waals surface area contributed by atoms with Gasteiger partial charge in [0.05, 0.1) is 0 Å². The molecule has 1 aromatic carbocycles. The van der Waals surface area contributed by atoms with E-state index in [1.54, 1.807) is 17.0 Å². The Morgan fingerprint density at radius 2 is 1.81 bits per heavy atom. The molecule has 2 aliphatic carbocycles. The molecule has 7 heteroatoms. The Bertz CT molecular complexity index is 652. The van der Waals surface area contributed by atoms with Gasteiger partial charge in [0.25, 0.3) is 5.91 Å². The minimum Gasteiger partial charge on any atom is -0.349 e. The molecular formula is C19H27ClN4O2. The highest BCUT2D eigenvalue weighted by Crippen LogP contribution is 2.39. The third kappa shape index (κ3) is 3.67. The molecular weight excluding hydrogens is 352 g/mol. The van der Waals surface area contributed by atoms with Crippen molar-refractivity contribution in [1.82, 2.24) is 10.6 Å². The van der Waals surface area contributed by atoms with Crippen molar-refractivity contribution in [3.05, 3.63) is 29.8 Å². The van der Waals surface area contributed by atoms with Crippen LogP contribution in [0.15, 0.2) is 24.3 Å². The third-order valence-electron chi connectivity index (χ3n) is 5.97. The first kappa shape index (κ1) is 19.0. The van der Waals surface area contributed by atoms with Gasteiger partial charge >= 0.3 is 6.03 Å². The largest absolute Gasteiger partial charge is 0.349 e. The lowest BCUT2D eigenvalue weighted by Crippen LogP contribution is -2.53. The number of benzene rings is 1. The topological polar surface area (TPSA) is 87.5 Å². The Morgan fingerprint density at radius 3 is 2.38 bits per heavy atom. The number of rotatable bonds is 3. The molecule has 1 aliphatic heterocycles. The number of hydrogen-bond acceptors (Lipinski definition) is 3. The zero-order valence-electron chi connectivity index (χ0n) is 14.8. The summed E-state index contributed by atoms with van der Waals surface area (Å²) < 4.78 is 0. The first-order valence-electron chi connectivity index (χ1n) is 9.33. The van der Waals surface area contributed by atoms with E-state index in [1.807, 2.05) is 12.1 Å². The van der Waals surface area contributed by atoms with E-state index in [9.17, 15) is 9.59 Å². The van der Waals surface area contributed by atoms with Crippen LogP contribution >= 0.6 is 12.4 Å². The van der Waals surface area contributed by atoms with Crippen LogP contribution in [-0.2, 0) is 0 Å². The molecule has 2 saturated carbocycles. The first-order chi connectivity index (χ1) is 12.1. The number of hydrogen-bond donors (Lipinski definition) is 3. The molecule has 4 N–H and O–H groups in total. The summed E-state index contributed by atoms with van der Waals surface area (Å²) in [7, 11) is 0. The van der Waals surface area contributed by atoms with E-state index in [0.29, 0.717) is 30.5 Å². The molecule has 3 aliphatic rings. The van der Waals surface area contributed by atoms with Gasteiger partial charge < -0.3 is 16.4 Å². The molecule has 1 aromatic rings. The van der Waals surface area contributed by atoms with Crippen LogP contribution in [0.5, 0.6) is 0 Å². The van der Waals surface area contributed by atoms with Gasteiger partial charge in [0.1, 0.15) is 0 Å². The fourth-order valence-electron chi connectivity index (χ4n) is 4.77. The number of halogens is 1. The van der Waals surface area contributed by atoms with Crippen molar-refractivity contribution in [2.75, 3.05) is 18.0 Å². The second kappa shape index (κ2) is 7.84. The molecule has 3 fully saturated rings. The van der Waals surface area contributed by atoms with Gasteiger partial charge in [-0.1, -0.05) is 6.42 Å². The molecule has 1 saturated heterocycles. The van der Waals surface area contributed by atoms with Gasteiger partial charge in [0.15, 0.2) is 0 Å². The van der Waals surface area contributed by atoms with E-state index in [2.05, 4.69) is 10.6 Å². The lowest BCUT2D eigenvalue weighted by molar-refractivity contribution is 0.0756. The molecule has 1 heterocycles. The lowest BCUT2D eigenvalue weighted by atomic mass is 9.67. The average molecular weight is 379 g/mol. The van der Waals surface area contributed by atoms with E-state index >= 15 is 0 Å². The van der Waals surface area contributed by atoms with Gasteiger partial charge in [0, 0.05) is 36.4 Å². The summed E-state index contributed by atoms with van der Waals surface area (Å²) >= 11 is 0. The highest BCUT2D eigenvalue weighted by molar-refractivity contribution is 5.97. The van der Waals surface area contributed by atoms with Gasteiger partial charge in [0.2, 0.25) is 0 Å². The lowest BCUT2D eigenvalue weighted by Gasteiger charge is -2.45. The Labute approximate surface area is 160 Å². The monoisotopic (exact) mass is 378 g/mol. The van der Waals surface area contributed by atoms with E-state index in [4.69, 9.17) is 5.73 Å². The van der Waals surface area contributed by atoms with Crippen LogP contribution in [-0.4, -0.2) is 37.1 Å². The number of nitrogens with one attached hydrogen (secondary N) is 2. The maximum Gasteiger partial charge on any atom is 0.321 e. The Hall–Kier alpha value is -1.79. The highest BCUT2D eigenvalue weighted by atomic mass is 35.5. The molecule has 2 atom stereocenters. The van der Waals surface area contributed by atoms with Crippen LogP contribution in [0, 0.1) is 11.8 Å². The summed E-state index contributed by atoms with van der Waals surface area (Å²) in [4.78, 5) is 26.1. The predicted molar refractivity (Wildman–Crippen MR) is 104 cm³/mol. The van der Waals surface area contributed by atoms with Crippen LogP contribution in [0.3, 0.4) is 0 Å². The molecule has 0 spiro atoms. The highest BCUT2D eigenvalue weighted by Gasteiger charge is 2.39. The first-order valence-corrected chi connectivity index (χ1v) is 9.33. The van der Waals surface area contributed by atoms with E-state index < -0.39 is 0 Å². The number of urea groups is 1. The summed E-state index contributed by atoms with van der Waals surface area (Å²) in [6.45, 7) is 1.32. The fraction of sp³-hybridized carbons (Fsp3) is 0.579. The van der Waals surface area contributed by atoms with Crippen LogP contribution in [0.25, 0.3) is 0 Å². The zero-order chi connectivity index (χ0) is 17.4. The number of nitrogens with zero attached hydrogens (tertiary/aromatic N) is 1. The zero-order valence-corrected chi connectivity index (χ0v) is 15.6. The minimum atomic E-state index is -0.0800. The van der Waals surface area contributed by atoms with Crippen molar-refractivity contribution in [2.45, 2.75) is 44.2 Å². The van der Waals surface area contributed by atoms with Crippen LogP contribution in [0.1, 0.15) is 42.5 Å². The van der Waals surface area contributed by atoms with Gasteiger partial charge in [-0.25, -0.2) is 4.79 Å². The number of amides is 3. The standard InChI is InChI=1S/C19H26N4O2.ClH/c20-15-10-13-2-1-3-14(11-15)17(13)22-18(24)12-4-6-16(7-5-12)23-9-8-21-19(23)25;/h4-7,13-15,17H,1-3,8-11,20H2,(H,21,25)(H,22,24);1H. The SMILES string of the molecule is Cl.NC1CC2CCCC(C1)C2NC(=O)c1ccc(N2CCNC2=O)cc1. The number of carbonyl (C=O) groups excluding carboxylic acids is 2. The number of fused-ring (bicyclic) bond motifs is 2. The van der Waals surface area contributed by atoms with E-state index in [1.165, 1.54) is 6.42 Å². The molecule has 4 rings (SSSR count). The Balaban J connectivity index is 0.00000196. The van der Waals surface area contributed by atoms with Crippen molar-refractivity contribution in [2.24, 2.45) is 17.6 Å². The van der Waals surface area contributed by atoms with E-state index in [0.717, 1.165) is 31.4 Å². The number of carbonyl (C=O) groups is 2. The fourth-order valence-corrected chi connectivity index (χ4v) is 4.77. The summed E-state index contributed by atoms with van der Waals surface area (Å²) in [6.07, 6.45) is 5.62. The van der Waals surface area contributed by atoms with Gasteiger partial charge in [-0.05, 0) is 61.8 Å². The summed E-state index contributed by atoms with van der Waals surface area (Å²) in [5.41, 5.74) is 7.64.